The fraction of sp³-hybridized carbons (Fsp3) is 0.0455. The summed E-state index contributed by atoms with van der Waals surface area (Å²) in [6, 6.07) is 26.7. The summed E-state index contributed by atoms with van der Waals surface area (Å²) in [4.78, 5) is 15.3. The molecule has 3 aromatic carbocycles. The summed E-state index contributed by atoms with van der Waals surface area (Å²) in [6.07, 6.45) is 5.36. The van der Waals surface area contributed by atoms with Crippen molar-refractivity contribution in [2.75, 3.05) is 0 Å². The Morgan fingerprint density at radius 3 is 1.93 bits per heavy atom. The lowest BCUT2D eigenvalue weighted by Gasteiger charge is -2.37. The molecule has 0 atom stereocenters. The second-order valence-corrected chi connectivity index (χ2v) is 6.22. The minimum absolute atomic E-state index is 0.0591. The molecule has 0 aliphatic rings. The maximum Gasteiger partial charge on any atom is 0.269 e. The summed E-state index contributed by atoms with van der Waals surface area (Å²) in [7, 11) is 0. The van der Waals surface area contributed by atoms with Crippen LogP contribution in [0.15, 0.2) is 104 Å². The number of nitrogens with zero attached hydrogens (tertiary/aromatic N) is 3. The normalized spacial score (nSPS) is 11.3. The van der Waals surface area contributed by atoms with Crippen molar-refractivity contribution in [2.45, 2.75) is 5.54 Å². The number of non-ortho nitro benzene ring substituents is 1. The number of hydrogen-bond donors (Lipinski definition) is 0. The average molecular weight is 355 g/mol. The molecule has 0 N–H and O–H groups in total. The molecular weight excluding hydrogens is 338 g/mol. The number of aromatic nitrogens is 2. The molecule has 0 saturated carbocycles. The molecule has 5 heteroatoms. The van der Waals surface area contributed by atoms with E-state index in [1.165, 1.54) is 6.07 Å². The molecule has 0 aliphatic heterocycles. The van der Waals surface area contributed by atoms with Crippen molar-refractivity contribution in [1.82, 2.24) is 9.55 Å². The highest BCUT2D eigenvalue weighted by molar-refractivity contribution is 5.53. The van der Waals surface area contributed by atoms with E-state index in [4.69, 9.17) is 0 Å². The van der Waals surface area contributed by atoms with Crippen LogP contribution in [0.4, 0.5) is 5.69 Å². The summed E-state index contributed by atoms with van der Waals surface area (Å²) in [5.41, 5.74) is 2.07. The van der Waals surface area contributed by atoms with E-state index in [0.717, 1.165) is 16.7 Å². The van der Waals surface area contributed by atoms with Gasteiger partial charge in [-0.1, -0.05) is 72.8 Å². The van der Waals surface area contributed by atoms with Gasteiger partial charge in [-0.25, -0.2) is 4.98 Å². The number of benzene rings is 3. The van der Waals surface area contributed by atoms with Gasteiger partial charge < -0.3 is 4.57 Å². The van der Waals surface area contributed by atoms with Gasteiger partial charge in [0.1, 0.15) is 5.54 Å². The Morgan fingerprint density at radius 1 is 0.815 bits per heavy atom. The van der Waals surface area contributed by atoms with Gasteiger partial charge in [0.05, 0.1) is 11.3 Å². The average Bonchev–Trinajstić information content (AvgIpc) is 3.26. The van der Waals surface area contributed by atoms with Crippen molar-refractivity contribution in [3.05, 3.63) is 130 Å². The summed E-state index contributed by atoms with van der Waals surface area (Å²) in [6.45, 7) is 0. The maximum atomic E-state index is 11.4. The monoisotopic (exact) mass is 355 g/mol. The first-order valence-electron chi connectivity index (χ1n) is 8.57. The topological polar surface area (TPSA) is 61.0 Å². The third-order valence-corrected chi connectivity index (χ3v) is 4.75. The smallest absolute Gasteiger partial charge is 0.269 e. The molecule has 0 spiro atoms. The molecule has 4 aromatic rings. The molecule has 0 radical (unpaired) electrons. The number of rotatable bonds is 5. The maximum absolute atomic E-state index is 11.4. The molecular formula is C22H17N3O2. The van der Waals surface area contributed by atoms with Gasteiger partial charge in [0, 0.05) is 24.5 Å². The zero-order chi connectivity index (χ0) is 18.7. The van der Waals surface area contributed by atoms with Gasteiger partial charge in [0.25, 0.3) is 5.69 Å². The van der Waals surface area contributed by atoms with Crippen molar-refractivity contribution in [3.8, 4) is 0 Å². The van der Waals surface area contributed by atoms with Crippen molar-refractivity contribution >= 4 is 5.69 Å². The first-order valence-corrected chi connectivity index (χ1v) is 8.57. The van der Waals surface area contributed by atoms with Gasteiger partial charge in [-0.3, -0.25) is 10.1 Å². The molecule has 0 fully saturated rings. The molecule has 1 heterocycles. The van der Waals surface area contributed by atoms with Crippen LogP contribution in [0.2, 0.25) is 0 Å². The molecule has 132 valence electrons. The first kappa shape index (κ1) is 16.7. The molecule has 0 amide bonds. The lowest BCUT2D eigenvalue weighted by atomic mass is 9.76. The summed E-state index contributed by atoms with van der Waals surface area (Å²) < 4.78 is 2.00. The van der Waals surface area contributed by atoms with E-state index in [2.05, 4.69) is 4.98 Å². The Bertz CT molecular complexity index is 1010. The third kappa shape index (κ3) is 2.79. The lowest BCUT2D eigenvalue weighted by Crippen LogP contribution is -2.37. The van der Waals surface area contributed by atoms with Crippen molar-refractivity contribution in [2.24, 2.45) is 0 Å². The van der Waals surface area contributed by atoms with Gasteiger partial charge >= 0.3 is 0 Å². The van der Waals surface area contributed by atoms with Crippen LogP contribution in [0.5, 0.6) is 0 Å². The third-order valence-electron chi connectivity index (χ3n) is 4.75. The van der Waals surface area contributed by atoms with Crippen LogP contribution in [0.25, 0.3) is 0 Å². The molecule has 0 saturated heterocycles. The van der Waals surface area contributed by atoms with Crippen LogP contribution in [-0.4, -0.2) is 14.5 Å². The Hall–Kier alpha value is -3.73. The second kappa shape index (κ2) is 6.88. The summed E-state index contributed by atoms with van der Waals surface area (Å²) in [5, 5.41) is 11.4. The summed E-state index contributed by atoms with van der Waals surface area (Å²) in [5.74, 6) is 0. The van der Waals surface area contributed by atoms with E-state index in [-0.39, 0.29) is 10.6 Å². The van der Waals surface area contributed by atoms with Crippen LogP contribution in [0.3, 0.4) is 0 Å². The highest BCUT2D eigenvalue weighted by Crippen LogP contribution is 2.41. The molecule has 0 aliphatic carbocycles. The molecule has 1 aromatic heterocycles. The fourth-order valence-corrected chi connectivity index (χ4v) is 3.61. The van der Waals surface area contributed by atoms with Gasteiger partial charge in [0.15, 0.2) is 0 Å². The van der Waals surface area contributed by atoms with Crippen molar-refractivity contribution in [3.63, 3.8) is 0 Å². The van der Waals surface area contributed by atoms with Crippen LogP contribution in [0, 0.1) is 10.1 Å². The van der Waals surface area contributed by atoms with Gasteiger partial charge in [0.2, 0.25) is 0 Å². The van der Waals surface area contributed by atoms with Crippen LogP contribution in [-0.2, 0) is 5.54 Å². The Labute approximate surface area is 156 Å². The van der Waals surface area contributed by atoms with Gasteiger partial charge in [-0.2, -0.15) is 0 Å². The highest BCUT2D eigenvalue weighted by Gasteiger charge is 2.38. The quantitative estimate of drug-likeness (QED) is 0.298. The second-order valence-electron chi connectivity index (χ2n) is 6.22. The predicted molar refractivity (Wildman–Crippen MR) is 103 cm³/mol. The van der Waals surface area contributed by atoms with E-state index >= 15 is 0 Å². The zero-order valence-corrected chi connectivity index (χ0v) is 14.5. The van der Waals surface area contributed by atoms with E-state index in [0.29, 0.717) is 0 Å². The van der Waals surface area contributed by atoms with Crippen LogP contribution >= 0.6 is 0 Å². The molecule has 27 heavy (non-hydrogen) atoms. The zero-order valence-electron chi connectivity index (χ0n) is 14.5. The van der Waals surface area contributed by atoms with E-state index in [1.54, 1.807) is 24.7 Å². The molecule has 5 nitrogen and oxygen atoms in total. The minimum atomic E-state index is -0.773. The van der Waals surface area contributed by atoms with E-state index in [1.807, 2.05) is 77.5 Å². The first-order chi connectivity index (χ1) is 13.2. The van der Waals surface area contributed by atoms with Crippen LogP contribution < -0.4 is 0 Å². The standard InChI is InChI=1S/C22H17N3O2/c26-25(27)21-13-7-12-20(16-21)22(24-15-14-23-17-24,18-8-3-1-4-9-18)19-10-5-2-6-11-19/h1-17H. The summed E-state index contributed by atoms with van der Waals surface area (Å²) >= 11 is 0. The van der Waals surface area contributed by atoms with Gasteiger partial charge in [-0.05, 0) is 16.7 Å². The number of nitro benzene ring substituents is 1. The lowest BCUT2D eigenvalue weighted by molar-refractivity contribution is -0.385. The largest absolute Gasteiger partial charge is 0.319 e. The molecule has 0 bridgehead atoms. The predicted octanol–water partition coefficient (Wildman–Crippen LogP) is 4.63. The van der Waals surface area contributed by atoms with Crippen molar-refractivity contribution in [1.29, 1.82) is 0 Å². The number of imidazole rings is 1. The van der Waals surface area contributed by atoms with Crippen molar-refractivity contribution < 1.29 is 4.92 Å². The van der Waals surface area contributed by atoms with Crippen LogP contribution in [0.1, 0.15) is 16.7 Å². The Kier molecular flexibility index (Phi) is 4.26. The molecule has 0 unspecified atom stereocenters. The van der Waals surface area contributed by atoms with E-state index < -0.39 is 5.54 Å². The SMILES string of the molecule is O=[N+]([O-])c1cccc(C(c2ccccc2)(c2ccccc2)n2ccnc2)c1. The highest BCUT2D eigenvalue weighted by atomic mass is 16.6. The Balaban J connectivity index is 2.12. The minimum Gasteiger partial charge on any atom is -0.319 e. The number of nitro groups is 1. The molecule has 4 rings (SSSR count). The number of hydrogen-bond acceptors (Lipinski definition) is 3. The fourth-order valence-electron chi connectivity index (χ4n) is 3.61. The van der Waals surface area contributed by atoms with Gasteiger partial charge in [-0.15, -0.1) is 0 Å². The Morgan fingerprint density at radius 2 is 1.41 bits per heavy atom. The van der Waals surface area contributed by atoms with E-state index in [9.17, 15) is 10.1 Å².